The molecule has 14 nitrogen and oxygen atoms in total. The number of amides is 2. The Kier molecular flexibility index (Phi) is 16.9. The number of hydrogen-bond acceptors (Lipinski definition) is 12. The molecule has 1 aliphatic carbocycles. The molecule has 2 aliphatic rings. The third-order valence-corrected chi connectivity index (χ3v) is 8.52. The number of hydrogen-bond donors (Lipinski definition) is 2. The molecule has 14 heteroatoms. The van der Waals surface area contributed by atoms with Crippen molar-refractivity contribution < 1.29 is 33.3 Å². The second-order valence-corrected chi connectivity index (χ2v) is 11.8. The van der Waals surface area contributed by atoms with Crippen molar-refractivity contribution in [2.45, 2.75) is 65.0 Å². The predicted octanol–water partition coefficient (Wildman–Crippen LogP) is 4.18. The van der Waals surface area contributed by atoms with Crippen LogP contribution < -0.4 is 25.2 Å². The number of rotatable bonds is 18. The van der Waals surface area contributed by atoms with Crippen LogP contribution in [0.4, 0.5) is 23.1 Å². The van der Waals surface area contributed by atoms with Crippen molar-refractivity contribution in [3.8, 4) is 5.75 Å². The summed E-state index contributed by atoms with van der Waals surface area (Å²) in [4.78, 5) is 52.4. The summed E-state index contributed by atoms with van der Waals surface area (Å²) in [7, 11) is 6.60. The zero-order valence-corrected chi connectivity index (χ0v) is 30.7. The summed E-state index contributed by atoms with van der Waals surface area (Å²) in [5.74, 6) is 1.04. The number of benzene rings is 1. The van der Waals surface area contributed by atoms with Gasteiger partial charge in [-0.25, -0.2) is 9.78 Å². The molecule has 1 aromatic carbocycles. The molecule has 0 bridgehead atoms. The summed E-state index contributed by atoms with van der Waals surface area (Å²) in [6.45, 7) is 9.42. The van der Waals surface area contributed by atoms with E-state index in [4.69, 9.17) is 19.2 Å². The van der Waals surface area contributed by atoms with E-state index in [1.54, 1.807) is 49.5 Å². The van der Waals surface area contributed by atoms with Crippen LogP contribution in [-0.4, -0.2) is 119 Å². The lowest BCUT2D eigenvalue weighted by molar-refractivity contribution is -0.134. The van der Waals surface area contributed by atoms with Crippen LogP contribution in [0, 0.1) is 0 Å². The maximum absolute atomic E-state index is 13.2. The fourth-order valence-electron chi connectivity index (χ4n) is 5.87. The Morgan fingerprint density at radius 2 is 1.80 bits per heavy atom. The van der Waals surface area contributed by atoms with Gasteiger partial charge in [0.25, 0.3) is 5.91 Å². The monoisotopic (exact) mass is 697 g/mol. The standard InChI is InChI=1S/C34H49N7O7.C2H6/c1-6-27-33(44)40(3)28-23-36-34(38-31(28)41(27)25-10-7-8-11-25)37-26-14-13-24(22-29(26)45-4)32(43)35-15-18-47-20-21-48-19-17-39(2)16-9-12-30(42)46-5;1-2/h9,12-14,22-23,25,27H,6-8,10-11,15-21H2,1-5H3,(H,35,43)(H,36,37,38);1-2H3/b12-9+;/t27-;/m1./s1. The summed E-state index contributed by atoms with van der Waals surface area (Å²) in [6.07, 6.45) is 9.89. The van der Waals surface area contributed by atoms with Crippen molar-refractivity contribution in [1.82, 2.24) is 20.2 Å². The van der Waals surface area contributed by atoms with Gasteiger partial charge in [-0.3, -0.25) is 9.59 Å². The van der Waals surface area contributed by atoms with Crippen LogP contribution in [0.25, 0.3) is 0 Å². The van der Waals surface area contributed by atoms with Gasteiger partial charge in [0.1, 0.15) is 17.5 Å². The highest BCUT2D eigenvalue weighted by atomic mass is 16.5. The summed E-state index contributed by atoms with van der Waals surface area (Å²) in [6, 6.07) is 5.15. The summed E-state index contributed by atoms with van der Waals surface area (Å²) in [5.41, 5.74) is 1.75. The van der Waals surface area contributed by atoms with Gasteiger partial charge in [-0.2, -0.15) is 4.98 Å². The summed E-state index contributed by atoms with van der Waals surface area (Å²) >= 11 is 0. The number of nitrogens with zero attached hydrogens (tertiary/aromatic N) is 5. The Morgan fingerprint density at radius 3 is 2.48 bits per heavy atom. The average molecular weight is 698 g/mol. The SMILES string of the molecule is CC.CC[C@@H]1C(=O)N(C)c2cnc(Nc3ccc(C(=O)NCCOCCOCCN(C)C/C=C/C(=O)OC)cc3OC)nc2N1C1CCCC1. The van der Waals surface area contributed by atoms with Gasteiger partial charge in [-0.05, 0) is 44.5 Å². The minimum atomic E-state index is -0.374. The Morgan fingerprint density at radius 1 is 1.08 bits per heavy atom. The van der Waals surface area contributed by atoms with Crippen LogP contribution in [0.2, 0.25) is 0 Å². The number of methoxy groups -OCH3 is 2. The van der Waals surface area contributed by atoms with Gasteiger partial charge in [0, 0.05) is 44.4 Å². The molecule has 1 aliphatic heterocycles. The molecule has 2 heterocycles. The molecule has 1 fully saturated rings. The lowest BCUT2D eigenvalue weighted by Gasteiger charge is -2.43. The van der Waals surface area contributed by atoms with Crippen LogP contribution in [0.1, 0.15) is 63.2 Å². The van der Waals surface area contributed by atoms with Gasteiger partial charge in [0.2, 0.25) is 11.9 Å². The van der Waals surface area contributed by atoms with Gasteiger partial charge in [0.15, 0.2) is 5.82 Å². The van der Waals surface area contributed by atoms with Gasteiger partial charge in [-0.15, -0.1) is 0 Å². The van der Waals surface area contributed by atoms with Crippen LogP contribution in [0.5, 0.6) is 5.75 Å². The molecule has 4 rings (SSSR count). The van der Waals surface area contributed by atoms with Gasteiger partial charge < -0.3 is 44.3 Å². The number of esters is 1. The quantitative estimate of drug-likeness (QED) is 0.131. The van der Waals surface area contributed by atoms with Crippen molar-refractivity contribution in [3.63, 3.8) is 0 Å². The Bertz CT molecular complexity index is 1420. The molecule has 276 valence electrons. The smallest absolute Gasteiger partial charge is 0.330 e. The maximum Gasteiger partial charge on any atom is 0.330 e. The van der Waals surface area contributed by atoms with E-state index >= 15 is 0 Å². The van der Waals surface area contributed by atoms with Crippen LogP contribution in [-0.2, 0) is 23.8 Å². The highest BCUT2D eigenvalue weighted by Gasteiger charge is 2.41. The number of aromatic nitrogens is 2. The van der Waals surface area contributed by atoms with Crippen molar-refractivity contribution in [3.05, 3.63) is 42.1 Å². The molecule has 0 spiro atoms. The Labute approximate surface area is 296 Å². The first-order valence-electron chi connectivity index (χ1n) is 17.5. The topological polar surface area (TPSA) is 148 Å². The number of ether oxygens (including phenoxy) is 4. The van der Waals surface area contributed by atoms with E-state index in [0.717, 1.165) is 31.5 Å². The first kappa shape index (κ1) is 40.2. The fourth-order valence-corrected chi connectivity index (χ4v) is 5.87. The predicted molar refractivity (Wildman–Crippen MR) is 195 cm³/mol. The first-order valence-corrected chi connectivity index (χ1v) is 17.5. The van der Waals surface area contributed by atoms with E-state index in [1.165, 1.54) is 13.2 Å². The second-order valence-electron chi connectivity index (χ2n) is 11.8. The van der Waals surface area contributed by atoms with Crippen LogP contribution in [0.15, 0.2) is 36.5 Å². The number of carbonyl (C=O) groups excluding carboxylic acids is 3. The van der Waals surface area contributed by atoms with Gasteiger partial charge in [-0.1, -0.05) is 39.7 Å². The molecule has 50 heavy (non-hydrogen) atoms. The largest absolute Gasteiger partial charge is 0.495 e. The normalized spacial score (nSPS) is 15.9. The zero-order valence-electron chi connectivity index (χ0n) is 30.7. The van der Waals surface area contributed by atoms with Gasteiger partial charge in [0.05, 0.1) is 52.5 Å². The van der Waals surface area contributed by atoms with E-state index in [1.807, 2.05) is 32.7 Å². The zero-order chi connectivity index (χ0) is 36.5. The van der Waals surface area contributed by atoms with Crippen molar-refractivity contribution in [2.75, 3.05) is 89.5 Å². The molecule has 2 amide bonds. The second kappa shape index (κ2) is 21.1. The molecule has 1 saturated carbocycles. The van der Waals surface area contributed by atoms with Crippen LogP contribution >= 0.6 is 0 Å². The number of anilines is 4. The van der Waals surface area contributed by atoms with Gasteiger partial charge >= 0.3 is 5.97 Å². The lowest BCUT2D eigenvalue weighted by Crippen LogP contribution is -2.55. The summed E-state index contributed by atoms with van der Waals surface area (Å²) < 4.78 is 21.3. The molecule has 0 radical (unpaired) electrons. The van der Waals surface area contributed by atoms with E-state index in [2.05, 4.69) is 25.3 Å². The summed E-state index contributed by atoms with van der Waals surface area (Å²) in [5, 5.41) is 6.11. The molecule has 1 aromatic heterocycles. The molecule has 0 unspecified atom stereocenters. The highest BCUT2D eigenvalue weighted by molar-refractivity contribution is 6.04. The highest BCUT2D eigenvalue weighted by Crippen LogP contribution is 2.40. The third-order valence-electron chi connectivity index (χ3n) is 8.52. The number of likely N-dealkylation sites (N-methyl/N-ethyl adjacent to an activating group) is 2. The van der Waals surface area contributed by atoms with E-state index in [0.29, 0.717) is 81.1 Å². The first-order chi connectivity index (χ1) is 24.3. The van der Waals surface area contributed by atoms with Crippen molar-refractivity contribution in [2.24, 2.45) is 0 Å². The van der Waals surface area contributed by atoms with Crippen molar-refractivity contribution in [1.29, 1.82) is 0 Å². The molecular formula is C36H55N7O7. The molecule has 2 N–H and O–H groups in total. The van der Waals surface area contributed by atoms with E-state index in [9.17, 15) is 14.4 Å². The number of nitrogens with one attached hydrogen (secondary N) is 2. The van der Waals surface area contributed by atoms with Crippen molar-refractivity contribution >= 4 is 40.9 Å². The molecule has 0 saturated heterocycles. The maximum atomic E-state index is 13.2. The Balaban J connectivity index is 0.00000332. The van der Waals surface area contributed by atoms with E-state index in [-0.39, 0.29) is 29.9 Å². The molecule has 1 atom stereocenters. The minimum Gasteiger partial charge on any atom is -0.495 e. The average Bonchev–Trinajstić information content (AvgIpc) is 3.67. The lowest BCUT2D eigenvalue weighted by atomic mass is 10.0. The third kappa shape index (κ3) is 11.1. The van der Waals surface area contributed by atoms with E-state index < -0.39 is 0 Å². The Hall–Kier alpha value is -4.27. The number of fused-ring (bicyclic) bond motifs is 1. The molecule has 2 aromatic rings. The molecular weight excluding hydrogens is 642 g/mol. The van der Waals surface area contributed by atoms with Crippen LogP contribution in [0.3, 0.4) is 0 Å². The minimum absolute atomic E-state index is 0.0664. The number of carbonyl (C=O) groups is 3. The fraction of sp³-hybridized carbons (Fsp3) is 0.583.